The minimum atomic E-state index is -4.15. The molecule has 0 saturated heterocycles. The number of likely N-dealkylation sites (N-methyl/N-ethyl adjacent to an activating group) is 1. The number of nitrogens with one attached hydrogen (secondary N) is 1. The van der Waals surface area contributed by atoms with Crippen LogP contribution in [0.4, 0.5) is 10.1 Å². The molecule has 0 heterocycles. The van der Waals surface area contributed by atoms with Gasteiger partial charge in [0.05, 0.1) is 10.6 Å². The summed E-state index contributed by atoms with van der Waals surface area (Å²) in [5, 5.41) is 2.51. The lowest BCUT2D eigenvalue weighted by molar-refractivity contribution is -0.139. The SMILES string of the molecule is CNC(=O)[C@H](C)N(Cc1ccccc1F)C(=O)CN(c1ccc(C(C)C)cc1)S(=O)(=O)c1ccc(C)cc1. The molecule has 0 spiro atoms. The molecule has 0 unspecified atom stereocenters. The lowest BCUT2D eigenvalue weighted by Crippen LogP contribution is -2.50. The van der Waals surface area contributed by atoms with Gasteiger partial charge in [-0.2, -0.15) is 0 Å². The Bertz CT molecular complexity index is 1370. The molecule has 0 aliphatic heterocycles. The second-order valence-electron chi connectivity index (χ2n) is 9.47. The number of benzene rings is 3. The third-order valence-electron chi connectivity index (χ3n) is 6.45. The summed E-state index contributed by atoms with van der Waals surface area (Å²) in [4.78, 5) is 27.5. The molecule has 0 fully saturated rings. The van der Waals surface area contributed by atoms with Gasteiger partial charge in [0, 0.05) is 19.2 Å². The number of sulfonamides is 1. The van der Waals surface area contributed by atoms with E-state index in [2.05, 4.69) is 5.32 Å². The molecule has 0 aliphatic rings. The molecule has 1 atom stereocenters. The summed E-state index contributed by atoms with van der Waals surface area (Å²) < 4.78 is 43.1. The van der Waals surface area contributed by atoms with E-state index in [1.807, 2.05) is 32.9 Å². The van der Waals surface area contributed by atoms with Gasteiger partial charge < -0.3 is 10.2 Å². The number of anilines is 1. The summed E-state index contributed by atoms with van der Waals surface area (Å²) in [5.74, 6) is -1.39. The summed E-state index contributed by atoms with van der Waals surface area (Å²) in [6, 6.07) is 18.3. The van der Waals surface area contributed by atoms with Crippen LogP contribution < -0.4 is 9.62 Å². The summed E-state index contributed by atoms with van der Waals surface area (Å²) in [6.07, 6.45) is 0. The van der Waals surface area contributed by atoms with Crippen LogP contribution in [0.2, 0.25) is 0 Å². The van der Waals surface area contributed by atoms with Crippen LogP contribution in [0.5, 0.6) is 0 Å². The maximum Gasteiger partial charge on any atom is 0.264 e. The number of carbonyl (C=O) groups excluding carboxylic acids is 2. The van der Waals surface area contributed by atoms with E-state index in [0.717, 1.165) is 15.4 Å². The van der Waals surface area contributed by atoms with Gasteiger partial charge in [-0.3, -0.25) is 13.9 Å². The number of halogens is 1. The van der Waals surface area contributed by atoms with Crippen molar-refractivity contribution in [1.29, 1.82) is 0 Å². The van der Waals surface area contributed by atoms with Crippen molar-refractivity contribution in [2.45, 2.75) is 51.1 Å². The van der Waals surface area contributed by atoms with Gasteiger partial charge in [-0.05, 0) is 55.7 Å². The normalized spacial score (nSPS) is 12.2. The van der Waals surface area contributed by atoms with Crippen molar-refractivity contribution in [3.8, 4) is 0 Å². The molecular formula is C29H34FN3O4S. The lowest BCUT2D eigenvalue weighted by Gasteiger charge is -2.32. The van der Waals surface area contributed by atoms with Gasteiger partial charge >= 0.3 is 0 Å². The number of amides is 2. The van der Waals surface area contributed by atoms with E-state index in [1.54, 1.807) is 30.3 Å². The zero-order chi connectivity index (χ0) is 28.0. The van der Waals surface area contributed by atoms with Gasteiger partial charge in [-0.25, -0.2) is 12.8 Å². The van der Waals surface area contributed by atoms with E-state index in [9.17, 15) is 22.4 Å². The number of nitrogens with zero attached hydrogens (tertiary/aromatic N) is 2. The summed E-state index contributed by atoms with van der Waals surface area (Å²) in [6.45, 7) is 6.65. The van der Waals surface area contributed by atoms with Crippen molar-refractivity contribution in [2.75, 3.05) is 17.9 Å². The fourth-order valence-corrected chi connectivity index (χ4v) is 5.41. The molecule has 0 saturated carbocycles. The van der Waals surface area contributed by atoms with Gasteiger partial charge in [0.25, 0.3) is 10.0 Å². The maximum atomic E-state index is 14.5. The maximum absolute atomic E-state index is 14.5. The first kappa shape index (κ1) is 28.8. The summed E-state index contributed by atoms with van der Waals surface area (Å²) in [7, 11) is -2.71. The molecule has 7 nitrogen and oxygen atoms in total. The van der Waals surface area contributed by atoms with Gasteiger partial charge in [-0.15, -0.1) is 0 Å². The van der Waals surface area contributed by atoms with E-state index in [0.29, 0.717) is 5.69 Å². The third kappa shape index (κ3) is 6.58. The lowest BCUT2D eigenvalue weighted by atomic mass is 10.0. The highest BCUT2D eigenvalue weighted by molar-refractivity contribution is 7.92. The van der Waals surface area contributed by atoms with Crippen LogP contribution in [0.3, 0.4) is 0 Å². The largest absolute Gasteiger partial charge is 0.357 e. The van der Waals surface area contributed by atoms with E-state index in [4.69, 9.17) is 0 Å². The molecule has 0 aliphatic carbocycles. The Morgan fingerprint density at radius 2 is 1.53 bits per heavy atom. The van der Waals surface area contributed by atoms with E-state index >= 15 is 0 Å². The van der Waals surface area contributed by atoms with Crippen LogP contribution in [-0.2, 0) is 26.2 Å². The molecule has 3 rings (SSSR count). The molecule has 9 heteroatoms. The average Bonchev–Trinajstić information content (AvgIpc) is 2.90. The third-order valence-corrected chi connectivity index (χ3v) is 8.24. The first-order valence-electron chi connectivity index (χ1n) is 12.4. The molecule has 3 aromatic rings. The predicted octanol–water partition coefficient (Wildman–Crippen LogP) is 4.62. The van der Waals surface area contributed by atoms with Crippen LogP contribution in [0.1, 0.15) is 43.4 Å². The van der Waals surface area contributed by atoms with Gasteiger partial charge in [0.1, 0.15) is 18.4 Å². The quantitative estimate of drug-likeness (QED) is 0.408. The summed E-state index contributed by atoms with van der Waals surface area (Å²) in [5.41, 5.74) is 2.43. The van der Waals surface area contributed by atoms with Crippen LogP contribution in [0, 0.1) is 12.7 Å². The molecule has 3 aromatic carbocycles. The van der Waals surface area contributed by atoms with Crippen molar-refractivity contribution in [1.82, 2.24) is 10.2 Å². The Balaban J connectivity index is 2.05. The molecule has 0 radical (unpaired) electrons. The topological polar surface area (TPSA) is 86.8 Å². The van der Waals surface area contributed by atoms with Crippen molar-refractivity contribution in [3.05, 3.63) is 95.3 Å². The highest BCUT2D eigenvalue weighted by Gasteiger charge is 2.32. The number of aryl methyl sites for hydroxylation is 1. The average molecular weight is 540 g/mol. The minimum Gasteiger partial charge on any atom is -0.357 e. The smallest absolute Gasteiger partial charge is 0.264 e. The molecule has 1 N–H and O–H groups in total. The number of rotatable bonds is 10. The van der Waals surface area contributed by atoms with Crippen LogP contribution >= 0.6 is 0 Å². The fourth-order valence-electron chi connectivity index (χ4n) is 3.99. The van der Waals surface area contributed by atoms with Crippen LogP contribution in [-0.4, -0.2) is 44.8 Å². The van der Waals surface area contributed by atoms with Gasteiger partial charge in [-0.1, -0.05) is 61.9 Å². The zero-order valence-corrected chi connectivity index (χ0v) is 23.1. The standard InChI is InChI=1S/C29H34FN3O4S/c1-20(2)23-12-14-25(15-13-23)33(38(36,37)26-16-10-21(3)11-17-26)19-28(34)32(22(4)29(35)31-5)18-24-8-6-7-9-27(24)30/h6-17,20,22H,18-19H2,1-5H3,(H,31,35)/t22-/m0/s1. The summed E-state index contributed by atoms with van der Waals surface area (Å²) >= 11 is 0. The highest BCUT2D eigenvalue weighted by Crippen LogP contribution is 2.27. The van der Waals surface area contributed by atoms with Crippen molar-refractivity contribution in [3.63, 3.8) is 0 Å². The molecule has 0 bridgehead atoms. The van der Waals surface area contributed by atoms with Crippen molar-refractivity contribution in [2.24, 2.45) is 0 Å². The first-order valence-corrected chi connectivity index (χ1v) is 13.8. The molecule has 38 heavy (non-hydrogen) atoms. The predicted molar refractivity (Wildman–Crippen MR) is 147 cm³/mol. The molecule has 202 valence electrons. The van der Waals surface area contributed by atoms with Crippen LogP contribution in [0.15, 0.2) is 77.7 Å². The first-order chi connectivity index (χ1) is 17.9. The number of carbonyl (C=O) groups is 2. The van der Waals surface area contributed by atoms with E-state index < -0.39 is 40.2 Å². The fraction of sp³-hybridized carbons (Fsp3) is 0.310. The molecule has 2 amide bonds. The van der Waals surface area contributed by atoms with Gasteiger partial charge in [0.15, 0.2) is 0 Å². The Kier molecular flexibility index (Phi) is 9.27. The second-order valence-corrected chi connectivity index (χ2v) is 11.3. The number of hydrogen-bond acceptors (Lipinski definition) is 4. The van der Waals surface area contributed by atoms with E-state index in [-0.39, 0.29) is 22.9 Å². The minimum absolute atomic E-state index is 0.0313. The highest BCUT2D eigenvalue weighted by atomic mass is 32.2. The Labute approximate surface area is 224 Å². The second kappa shape index (κ2) is 12.2. The van der Waals surface area contributed by atoms with E-state index in [1.165, 1.54) is 49.2 Å². The molecule has 0 aromatic heterocycles. The monoisotopic (exact) mass is 539 g/mol. The molecular weight excluding hydrogens is 505 g/mol. The van der Waals surface area contributed by atoms with Crippen LogP contribution in [0.25, 0.3) is 0 Å². The Hall–Kier alpha value is -3.72. The zero-order valence-electron chi connectivity index (χ0n) is 22.3. The Morgan fingerprint density at radius 1 is 0.921 bits per heavy atom. The number of hydrogen-bond donors (Lipinski definition) is 1. The van der Waals surface area contributed by atoms with Gasteiger partial charge in [0.2, 0.25) is 11.8 Å². The van der Waals surface area contributed by atoms with Crippen molar-refractivity contribution < 1.29 is 22.4 Å². The van der Waals surface area contributed by atoms with Crippen molar-refractivity contribution >= 4 is 27.5 Å². The Morgan fingerprint density at radius 3 is 2.08 bits per heavy atom.